The van der Waals surface area contributed by atoms with Crippen LogP contribution in [0.1, 0.15) is 0 Å². The molecule has 5 nitrogen and oxygen atoms in total. The molecule has 0 aromatic heterocycles. The minimum absolute atomic E-state index is 0.140. The van der Waals surface area contributed by atoms with E-state index in [9.17, 15) is 4.91 Å². The lowest BCUT2D eigenvalue weighted by Crippen LogP contribution is -2.00. The average molecular weight is 222 g/mol. The number of hydrogen-bond acceptors (Lipinski definition) is 4. The first kappa shape index (κ1) is 11.9. The summed E-state index contributed by atoms with van der Waals surface area (Å²) in [6.45, 7) is 0.140. The molecular weight excluding hydrogens is 210 g/mol. The zero-order valence-corrected chi connectivity index (χ0v) is 9.10. The van der Waals surface area contributed by atoms with Gasteiger partial charge in [0.1, 0.15) is 6.61 Å². The lowest BCUT2D eigenvalue weighted by Gasteiger charge is -2.07. The van der Waals surface area contributed by atoms with Crippen molar-refractivity contribution in [3.63, 3.8) is 0 Å². The number of hydrogen-bond donors (Lipinski definition) is 0. The first-order valence-electron chi connectivity index (χ1n) is 4.48. The van der Waals surface area contributed by atoms with Gasteiger partial charge in [0, 0.05) is 6.07 Å². The van der Waals surface area contributed by atoms with Gasteiger partial charge in [-0.15, -0.1) is 6.42 Å². The third-order valence-electron chi connectivity index (χ3n) is 1.83. The second-order valence-electron chi connectivity index (χ2n) is 2.77. The predicted molar refractivity (Wildman–Crippen MR) is 57.6 cm³/mol. The van der Waals surface area contributed by atoms with E-state index in [0.29, 0.717) is 22.1 Å². The van der Waals surface area contributed by atoms with Gasteiger partial charge in [-0.1, -0.05) is 5.92 Å². The largest absolute Gasteiger partial charge is 0.493 e. The summed E-state index contributed by atoms with van der Waals surface area (Å²) in [5, 5.41) is 0. The molecule has 0 saturated carbocycles. The molecule has 1 aromatic carbocycles. The van der Waals surface area contributed by atoms with Crippen LogP contribution in [0.3, 0.4) is 0 Å². The van der Waals surface area contributed by atoms with Gasteiger partial charge in [-0.05, 0) is 6.07 Å². The molecule has 84 valence electrons. The van der Waals surface area contributed by atoms with Gasteiger partial charge in [0.05, 0.1) is 18.1 Å². The van der Waals surface area contributed by atoms with E-state index in [1.807, 2.05) is 0 Å². The van der Waals surface area contributed by atoms with Gasteiger partial charge in [-0.25, -0.2) is 4.84 Å². The van der Waals surface area contributed by atoms with E-state index in [4.69, 9.17) is 15.9 Å². The minimum Gasteiger partial charge on any atom is -0.493 e. The first-order valence-corrected chi connectivity index (χ1v) is 4.48. The van der Waals surface area contributed by atoms with Gasteiger partial charge in [-0.3, -0.25) is 0 Å². The van der Waals surface area contributed by atoms with E-state index in [-0.39, 0.29) is 6.61 Å². The number of terminal acetylenes is 1. The summed E-state index contributed by atoms with van der Waals surface area (Å²) in [4.78, 5) is 16.0. The summed E-state index contributed by atoms with van der Waals surface area (Å²) in [6.07, 6.45) is 5.07. The lowest BCUT2D eigenvalue weighted by atomic mass is 10.3. The van der Waals surface area contributed by atoms with Crippen molar-refractivity contribution >= 4 is 5.69 Å². The highest BCUT2D eigenvalue weighted by Gasteiger charge is 2.17. The Morgan fingerprint density at radius 2 is 2.12 bits per heavy atom. The Balaban J connectivity index is 2.98. The Kier molecular flexibility index (Phi) is 4.16. The maximum atomic E-state index is 11.2. The Labute approximate surface area is 93.5 Å². The van der Waals surface area contributed by atoms with Gasteiger partial charge in [-0.2, -0.15) is 0 Å². The van der Waals surface area contributed by atoms with Crippen molar-refractivity contribution in [2.45, 2.75) is 0 Å². The van der Waals surface area contributed by atoms with Crippen LogP contribution in [0.15, 0.2) is 18.2 Å². The molecule has 0 atom stereocenters. The number of rotatable bonds is 5. The molecular formula is C11H12NO4+. The average Bonchev–Trinajstić information content (AvgIpc) is 2.35. The molecule has 1 aromatic rings. The highest BCUT2D eigenvalue weighted by atomic mass is 16.8. The summed E-state index contributed by atoms with van der Waals surface area (Å²) in [5.74, 6) is 3.24. The van der Waals surface area contributed by atoms with Crippen molar-refractivity contribution in [2.75, 3.05) is 20.8 Å². The number of nitrogens with zero attached hydrogens (tertiary/aromatic N) is 1. The molecule has 0 spiro atoms. The van der Waals surface area contributed by atoms with E-state index in [1.54, 1.807) is 12.1 Å². The van der Waals surface area contributed by atoms with E-state index in [0.717, 1.165) is 0 Å². The molecule has 0 heterocycles. The fourth-order valence-electron chi connectivity index (χ4n) is 1.11. The smallest absolute Gasteiger partial charge is 0.320 e. The SMILES string of the molecule is C#CCOc1ccc([N+](=O)OC)cc1OC. The second-order valence-corrected chi connectivity index (χ2v) is 2.77. The molecule has 0 radical (unpaired) electrons. The topological polar surface area (TPSA) is 47.8 Å². The Morgan fingerprint density at radius 3 is 2.69 bits per heavy atom. The Morgan fingerprint density at radius 1 is 1.38 bits per heavy atom. The molecule has 0 N–H and O–H groups in total. The molecule has 0 amide bonds. The highest BCUT2D eigenvalue weighted by molar-refractivity contribution is 5.48. The summed E-state index contributed by atoms with van der Waals surface area (Å²) in [6, 6.07) is 4.64. The summed E-state index contributed by atoms with van der Waals surface area (Å²) < 4.78 is 10.3. The summed E-state index contributed by atoms with van der Waals surface area (Å²) >= 11 is 0. The van der Waals surface area contributed by atoms with Crippen molar-refractivity contribution in [1.82, 2.24) is 0 Å². The zero-order valence-electron chi connectivity index (χ0n) is 9.10. The van der Waals surface area contributed by atoms with Crippen molar-refractivity contribution in [3.05, 3.63) is 23.1 Å². The highest BCUT2D eigenvalue weighted by Crippen LogP contribution is 2.31. The van der Waals surface area contributed by atoms with Crippen molar-refractivity contribution < 1.29 is 19.2 Å². The fraction of sp³-hybridized carbons (Fsp3) is 0.273. The molecule has 0 aliphatic heterocycles. The van der Waals surface area contributed by atoms with Crippen LogP contribution in [0, 0.1) is 17.3 Å². The fourth-order valence-corrected chi connectivity index (χ4v) is 1.11. The van der Waals surface area contributed by atoms with E-state index >= 15 is 0 Å². The van der Waals surface area contributed by atoms with Crippen LogP contribution in [0.4, 0.5) is 5.69 Å². The lowest BCUT2D eigenvalue weighted by molar-refractivity contribution is -0.736. The molecule has 1 rings (SSSR count). The zero-order chi connectivity index (χ0) is 12.0. The van der Waals surface area contributed by atoms with Gasteiger partial charge >= 0.3 is 5.69 Å². The molecule has 0 aliphatic carbocycles. The minimum atomic E-state index is 0.140. The standard InChI is InChI=1S/C11H12NO4/c1-4-7-16-10-6-5-9(12(13)15-3)8-11(10)14-2/h1,5-6,8H,7H2,2-3H3/q+1. The van der Waals surface area contributed by atoms with Crippen LogP contribution < -0.4 is 9.47 Å². The number of methoxy groups -OCH3 is 1. The van der Waals surface area contributed by atoms with Gasteiger partial charge in [0.15, 0.2) is 18.6 Å². The van der Waals surface area contributed by atoms with Gasteiger partial charge in [0.2, 0.25) is 0 Å². The van der Waals surface area contributed by atoms with E-state index in [2.05, 4.69) is 10.8 Å². The Bertz CT molecular complexity index is 422. The van der Waals surface area contributed by atoms with Crippen molar-refractivity contribution in [3.8, 4) is 23.8 Å². The number of ether oxygens (including phenoxy) is 2. The molecule has 5 heteroatoms. The maximum absolute atomic E-state index is 11.2. The van der Waals surface area contributed by atoms with Crippen LogP contribution in [0.2, 0.25) is 0 Å². The van der Waals surface area contributed by atoms with Gasteiger partial charge < -0.3 is 9.47 Å². The van der Waals surface area contributed by atoms with Crippen molar-refractivity contribution in [2.24, 2.45) is 0 Å². The van der Waals surface area contributed by atoms with Crippen LogP contribution in [-0.2, 0) is 4.84 Å². The molecule has 0 unspecified atom stereocenters. The number of benzene rings is 1. The summed E-state index contributed by atoms with van der Waals surface area (Å²) in [7, 11) is 2.76. The second kappa shape index (κ2) is 5.61. The molecule has 0 aliphatic rings. The van der Waals surface area contributed by atoms with Crippen LogP contribution in [-0.4, -0.2) is 25.7 Å². The van der Waals surface area contributed by atoms with Crippen LogP contribution in [0.5, 0.6) is 11.5 Å². The first-order chi connectivity index (χ1) is 7.72. The van der Waals surface area contributed by atoms with Gasteiger partial charge in [0.25, 0.3) is 4.92 Å². The van der Waals surface area contributed by atoms with E-state index < -0.39 is 0 Å². The third-order valence-corrected chi connectivity index (χ3v) is 1.83. The molecule has 0 saturated heterocycles. The van der Waals surface area contributed by atoms with Crippen LogP contribution >= 0.6 is 0 Å². The molecule has 16 heavy (non-hydrogen) atoms. The van der Waals surface area contributed by atoms with Crippen molar-refractivity contribution in [1.29, 1.82) is 0 Å². The Hall–Kier alpha value is -2.22. The normalized spacial score (nSPS) is 9.06. The third kappa shape index (κ3) is 2.64. The predicted octanol–water partition coefficient (Wildman–Crippen LogP) is 1.68. The maximum Gasteiger partial charge on any atom is 0.320 e. The van der Waals surface area contributed by atoms with Crippen LogP contribution in [0.25, 0.3) is 0 Å². The summed E-state index contributed by atoms with van der Waals surface area (Å²) in [5.41, 5.74) is 0.312. The molecule has 0 fully saturated rings. The van der Waals surface area contributed by atoms with E-state index in [1.165, 1.54) is 20.3 Å². The molecule has 0 bridgehead atoms. The monoisotopic (exact) mass is 222 g/mol. The quantitative estimate of drug-likeness (QED) is 0.561.